The van der Waals surface area contributed by atoms with Crippen molar-refractivity contribution in [3.05, 3.63) is 47.8 Å². The smallest absolute Gasteiger partial charge is 0.417 e. The minimum atomic E-state index is -4.91. The molecule has 0 radical (unpaired) electrons. The molecule has 0 bridgehead atoms. The van der Waals surface area contributed by atoms with Gasteiger partial charge in [0.15, 0.2) is 9.84 Å². The van der Waals surface area contributed by atoms with Crippen LogP contribution in [0.4, 0.5) is 13.2 Å². The summed E-state index contributed by atoms with van der Waals surface area (Å²) in [6, 6.07) is 6.20. The second-order valence-corrected chi connectivity index (χ2v) is 9.45. The van der Waals surface area contributed by atoms with Crippen molar-refractivity contribution in [2.45, 2.75) is 42.2 Å². The van der Waals surface area contributed by atoms with Crippen LogP contribution in [0.15, 0.2) is 41.4 Å². The second-order valence-electron chi connectivity index (χ2n) is 7.25. The summed E-state index contributed by atoms with van der Waals surface area (Å²) in [5.41, 5.74) is 0.0100. The molecular formula is C20H20F3NO5S. The fourth-order valence-electron chi connectivity index (χ4n) is 3.81. The van der Waals surface area contributed by atoms with Crippen LogP contribution in [0.3, 0.4) is 0 Å². The van der Waals surface area contributed by atoms with E-state index < -0.39 is 49.7 Å². The van der Waals surface area contributed by atoms with Gasteiger partial charge in [-0.3, -0.25) is 9.78 Å². The molecule has 0 unspecified atom stereocenters. The van der Waals surface area contributed by atoms with Crippen LogP contribution >= 0.6 is 0 Å². The number of carboxylic acids is 1. The molecule has 0 amide bonds. The predicted octanol–water partition coefficient (Wildman–Crippen LogP) is 3.73. The lowest BCUT2D eigenvalue weighted by atomic mass is 10.0. The zero-order valence-corrected chi connectivity index (χ0v) is 17.0. The molecule has 3 rings (SSSR count). The van der Waals surface area contributed by atoms with Gasteiger partial charge in [0.05, 0.1) is 27.7 Å². The molecule has 1 fully saturated rings. The van der Waals surface area contributed by atoms with E-state index in [1.807, 2.05) is 0 Å². The molecule has 1 aliphatic rings. The third-order valence-corrected chi connectivity index (χ3v) is 7.57. The third kappa shape index (κ3) is 4.20. The third-order valence-electron chi connectivity index (χ3n) is 5.34. The quantitative estimate of drug-likeness (QED) is 0.757. The largest absolute Gasteiger partial charge is 0.481 e. The number of pyridine rings is 1. The summed E-state index contributed by atoms with van der Waals surface area (Å²) in [6.07, 6.45) is -4.82. The zero-order valence-electron chi connectivity index (χ0n) is 16.2. The first-order valence-electron chi connectivity index (χ1n) is 9.09. The van der Waals surface area contributed by atoms with Gasteiger partial charge in [0.2, 0.25) is 0 Å². The lowest BCUT2D eigenvalue weighted by Gasteiger charge is -2.18. The van der Waals surface area contributed by atoms with E-state index in [4.69, 9.17) is 4.74 Å². The van der Waals surface area contributed by atoms with E-state index in [-0.39, 0.29) is 18.4 Å². The maximum absolute atomic E-state index is 13.8. The Kier molecular flexibility index (Phi) is 5.92. The predicted molar refractivity (Wildman–Crippen MR) is 102 cm³/mol. The lowest BCUT2D eigenvalue weighted by Crippen LogP contribution is -2.24. The van der Waals surface area contributed by atoms with Gasteiger partial charge in [0, 0.05) is 19.0 Å². The highest BCUT2D eigenvalue weighted by Gasteiger charge is 2.47. The maximum Gasteiger partial charge on any atom is 0.417 e. The Morgan fingerprint density at radius 3 is 2.37 bits per heavy atom. The summed E-state index contributed by atoms with van der Waals surface area (Å²) in [4.78, 5) is 14.5. The maximum atomic E-state index is 13.8. The highest BCUT2D eigenvalue weighted by Crippen LogP contribution is 2.42. The van der Waals surface area contributed by atoms with E-state index in [1.165, 1.54) is 25.4 Å². The molecule has 1 aromatic heterocycles. The van der Waals surface area contributed by atoms with E-state index in [9.17, 15) is 31.5 Å². The Bertz CT molecular complexity index is 1070. The van der Waals surface area contributed by atoms with Crippen LogP contribution in [0.2, 0.25) is 0 Å². The number of halogens is 3. The van der Waals surface area contributed by atoms with Crippen LogP contribution in [0, 0.1) is 12.8 Å². The number of ether oxygens (including phenoxy) is 1. The molecule has 162 valence electrons. The summed E-state index contributed by atoms with van der Waals surface area (Å²) >= 11 is 0. The van der Waals surface area contributed by atoms with Gasteiger partial charge < -0.3 is 9.84 Å². The molecule has 3 atom stereocenters. The standard InChI is InChI=1S/C20H20F3NO5S/c1-11-7-13(5-6-24-11)12-3-4-18(16(8-12)20(21,22)23)30(27,28)14-9-15(19(25)26)17(10-14)29-2/h3-8,14-15,17H,9-10H2,1-2H3,(H,25,26)/t14-,15-,17-/m1/s1. The van der Waals surface area contributed by atoms with Gasteiger partial charge in [0.25, 0.3) is 0 Å². The summed E-state index contributed by atoms with van der Waals surface area (Å²) in [7, 11) is -3.19. The normalized spacial score (nSPS) is 22.2. The minimum absolute atomic E-state index is 0.182. The van der Waals surface area contributed by atoms with Crippen LogP contribution in [-0.4, -0.2) is 42.9 Å². The van der Waals surface area contributed by atoms with Gasteiger partial charge in [0.1, 0.15) is 0 Å². The number of nitrogens with zero attached hydrogens (tertiary/aromatic N) is 1. The SMILES string of the molecule is CO[C@@H]1C[C@H](S(=O)(=O)c2ccc(-c3ccnc(C)c3)cc2C(F)(F)F)C[C@H]1C(=O)O. The molecule has 0 aliphatic heterocycles. The monoisotopic (exact) mass is 443 g/mol. The summed E-state index contributed by atoms with van der Waals surface area (Å²) in [6.45, 7) is 1.69. The van der Waals surface area contributed by atoms with Gasteiger partial charge in [-0.1, -0.05) is 6.07 Å². The number of sulfone groups is 1. The molecule has 1 aliphatic carbocycles. The molecule has 1 heterocycles. The van der Waals surface area contributed by atoms with Crippen LogP contribution < -0.4 is 0 Å². The van der Waals surface area contributed by atoms with Crippen molar-refractivity contribution in [3.63, 3.8) is 0 Å². The van der Waals surface area contributed by atoms with Crippen molar-refractivity contribution in [2.24, 2.45) is 5.92 Å². The molecule has 0 saturated heterocycles. The first-order valence-corrected chi connectivity index (χ1v) is 10.6. The van der Waals surface area contributed by atoms with E-state index >= 15 is 0 Å². The second kappa shape index (κ2) is 7.99. The molecule has 1 saturated carbocycles. The Hall–Kier alpha value is -2.46. The molecule has 10 heteroatoms. The van der Waals surface area contributed by atoms with Crippen LogP contribution in [0.25, 0.3) is 11.1 Å². The van der Waals surface area contributed by atoms with E-state index in [0.29, 0.717) is 11.3 Å². The molecule has 1 N–H and O–H groups in total. The van der Waals surface area contributed by atoms with Crippen molar-refractivity contribution in [1.29, 1.82) is 0 Å². The van der Waals surface area contributed by atoms with Crippen molar-refractivity contribution in [1.82, 2.24) is 4.98 Å². The number of rotatable bonds is 5. The minimum Gasteiger partial charge on any atom is -0.481 e. The summed E-state index contributed by atoms with van der Waals surface area (Å²) in [5, 5.41) is 8.00. The number of alkyl halides is 3. The summed E-state index contributed by atoms with van der Waals surface area (Å²) < 4.78 is 72.6. The van der Waals surface area contributed by atoms with E-state index in [1.54, 1.807) is 13.0 Å². The molecular weight excluding hydrogens is 423 g/mol. The van der Waals surface area contributed by atoms with E-state index in [0.717, 1.165) is 12.1 Å². The number of carboxylic acid groups (broad SMARTS) is 1. The first kappa shape index (κ1) is 22.2. The van der Waals surface area contributed by atoms with Crippen LogP contribution in [0.1, 0.15) is 24.1 Å². The average Bonchev–Trinajstić information content (AvgIpc) is 3.12. The highest BCUT2D eigenvalue weighted by atomic mass is 32.2. The molecule has 2 aromatic rings. The van der Waals surface area contributed by atoms with Gasteiger partial charge in [-0.05, 0) is 55.2 Å². The Morgan fingerprint density at radius 2 is 1.83 bits per heavy atom. The van der Waals surface area contributed by atoms with Crippen molar-refractivity contribution >= 4 is 15.8 Å². The summed E-state index contributed by atoms with van der Waals surface area (Å²) in [5.74, 6) is -2.33. The number of hydrogen-bond acceptors (Lipinski definition) is 5. The fraction of sp³-hybridized carbons (Fsp3) is 0.400. The van der Waals surface area contributed by atoms with Crippen LogP contribution in [-0.2, 0) is 25.5 Å². The number of aliphatic carboxylic acids is 1. The molecule has 0 spiro atoms. The Morgan fingerprint density at radius 1 is 1.17 bits per heavy atom. The number of benzene rings is 1. The van der Waals surface area contributed by atoms with Gasteiger partial charge in [-0.15, -0.1) is 0 Å². The topological polar surface area (TPSA) is 93.6 Å². The van der Waals surface area contributed by atoms with Crippen LogP contribution in [0.5, 0.6) is 0 Å². The van der Waals surface area contributed by atoms with E-state index in [2.05, 4.69) is 4.98 Å². The number of carbonyl (C=O) groups is 1. The van der Waals surface area contributed by atoms with Gasteiger partial charge in [-0.25, -0.2) is 8.42 Å². The number of methoxy groups -OCH3 is 1. The van der Waals surface area contributed by atoms with Crippen molar-refractivity contribution in [2.75, 3.05) is 7.11 Å². The molecule has 30 heavy (non-hydrogen) atoms. The fourth-order valence-corrected chi connectivity index (χ4v) is 5.81. The first-order chi connectivity index (χ1) is 13.9. The zero-order chi connectivity index (χ0) is 22.3. The Labute approximate surface area is 171 Å². The van der Waals surface area contributed by atoms with Crippen molar-refractivity contribution in [3.8, 4) is 11.1 Å². The molecule has 6 nitrogen and oxygen atoms in total. The lowest BCUT2D eigenvalue weighted by molar-refractivity contribution is -0.145. The molecule has 1 aromatic carbocycles. The Balaban J connectivity index is 2.08. The number of hydrogen-bond donors (Lipinski definition) is 1. The highest BCUT2D eigenvalue weighted by molar-refractivity contribution is 7.92. The number of aryl methyl sites for hydroxylation is 1. The van der Waals surface area contributed by atoms with Gasteiger partial charge >= 0.3 is 12.1 Å². The van der Waals surface area contributed by atoms with Gasteiger partial charge in [-0.2, -0.15) is 13.2 Å². The van der Waals surface area contributed by atoms with Crippen molar-refractivity contribution < 1.29 is 36.2 Å². The number of aromatic nitrogens is 1. The average molecular weight is 443 g/mol.